The lowest BCUT2D eigenvalue weighted by atomic mass is 10.1. The summed E-state index contributed by atoms with van der Waals surface area (Å²) in [6, 6.07) is 8.65. The molecule has 0 aliphatic heterocycles. The van der Waals surface area contributed by atoms with Crippen molar-refractivity contribution >= 4 is 5.96 Å². The Balaban J connectivity index is 2.40. The number of aryl methyl sites for hydroxylation is 1. The van der Waals surface area contributed by atoms with Gasteiger partial charge in [0.2, 0.25) is 0 Å². The van der Waals surface area contributed by atoms with Crippen LogP contribution in [0.3, 0.4) is 0 Å². The average Bonchev–Trinajstić information content (AvgIpc) is 2.19. The molecule has 1 aromatic rings. The van der Waals surface area contributed by atoms with Crippen LogP contribution in [0.2, 0.25) is 0 Å². The number of hydrogen-bond acceptors (Lipinski definition) is 2. The Morgan fingerprint density at radius 2 is 2.00 bits per heavy atom. The first-order valence-electron chi connectivity index (χ1n) is 4.99. The highest BCUT2D eigenvalue weighted by Gasteiger charge is 2.02. The summed E-state index contributed by atoms with van der Waals surface area (Å²) in [7, 11) is 0. The summed E-state index contributed by atoms with van der Waals surface area (Å²) in [5.41, 5.74) is 13.2. The minimum atomic E-state index is -0.0641. The van der Waals surface area contributed by atoms with Crippen molar-refractivity contribution < 1.29 is 0 Å². The predicted molar refractivity (Wildman–Crippen MR) is 62.5 cm³/mol. The second-order valence-electron chi connectivity index (χ2n) is 3.77. The largest absolute Gasteiger partial charge is 0.369 e. The number of nitrogens with one attached hydrogen (secondary N) is 3. The molecule has 1 aromatic carbocycles. The summed E-state index contributed by atoms with van der Waals surface area (Å²) in [4.78, 5) is 0. The van der Waals surface area contributed by atoms with E-state index in [0.29, 0.717) is 0 Å². The molecule has 1 unspecified atom stereocenters. The number of hydrazine groups is 1. The second-order valence-corrected chi connectivity index (χ2v) is 3.77. The Hall–Kier alpha value is -1.55. The van der Waals surface area contributed by atoms with Crippen LogP contribution < -0.4 is 16.6 Å². The van der Waals surface area contributed by atoms with E-state index in [-0.39, 0.29) is 12.0 Å². The predicted octanol–water partition coefficient (Wildman–Crippen LogP) is 0.914. The van der Waals surface area contributed by atoms with Crippen LogP contribution in [-0.4, -0.2) is 12.0 Å². The van der Waals surface area contributed by atoms with E-state index in [4.69, 9.17) is 11.1 Å². The van der Waals surface area contributed by atoms with Crippen molar-refractivity contribution in [2.75, 3.05) is 0 Å². The van der Waals surface area contributed by atoms with Gasteiger partial charge in [-0.2, -0.15) is 0 Å². The van der Waals surface area contributed by atoms with Gasteiger partial charge in [-0.3, -0.25) is 10.8 Å². The zero-order chi connectivity index (χ0) is 11.3. The standard InChI is InChI=1S/C11H18N4/c1-8-3-5-10(6-4-8)7-9(2)14-15-11(12)13/h3-6,9,14H,7H2,1-2H3,(H4,12,13,15). The fourth-order valence-corrected chi connectivity index (χ4v) is 1.33. The molecular formula is C11H18N4. The van der Waals surface area contributed by atoms with Crippen LogP contribution in [0.1, 0.15) is 18.1 Å². The highest BCUT2D eigenvalue weighted by molar-refractivity contribution is 5.73. The third-order valence-corrected chi connectivity index (χ3v) is 2.12. The van der Waals surface area contributed by atoms with E-state index in [1.165, 1.54) is 11.1 Å². The molecule has 0 bridgehead atoms. The lowest BCUT2D eigenvalue weighted by molar-refractivity contribution is 0.516. The third kappa shape index (κ3) is 4.46. The lowest BCUT2D eigenvalue weighted by Gasteiger charge is -2.14. The molecule has 0 heterocycles. The molecule has 0 spiro atoms. The topological polar surface area (TPSA) is 73.9 Å². The molecule has 0 saturated carbocycles. The summed E-state index contributed by atoms with van der Waals surface area (Å²) in [5.74, 6) is -0.0641. The van der Waals surface area contributed by atoms with E-state index in [2.05, 4.69) is 42.0 Å². The van der Waals surface area contributed by atoms with Gasteiger partial charge in [0.05, 0.1) is 0 Å². The average molecular weight is 206 g/mol. The molecule has 0 saturated heterocycles. The minimum Gasteiger partial charge on any atom is -0.369 e. The molecule has 0 fully saturated rings. The van der Waals surface area contributed by atoms with Gasteiger partial charge in [0.15, 0.2) is 5.96 Å². The molecule has 4 nitrogen and oxygen atoms in total. The van der Waals surface area contributed by atoms with Crippen molar-refractivity contribution in [1.82, 2.24) is 10.9 Å². The Bertz CT molecular complexity index is 318. The van der Waals surface area contributed by atoms with Gasteiger partial charge in [-0.1, -0.05) is 29.8 Å². The van der Waals surface area contributed by atoms with Crippen molar-refractivity contribution in [2.24, 2.45) is 5.73 Å². The summed E-state index contributed by atoms with van der Waals surface area (Å²) in [6.45, 7) is 4.11. The van der Waals surface area contributed by atoms with Gasteiger partial charge >= 0.3 is 0 Å². The second kappa shape index (κ2) is 5.36. The zero-order valence-corrected chi connectivity index (χ0v) is 9.17. The smallest absolute Gasteiger partial charge is 0.200 e. The van der Waals surface area contributed by atoms with Crippen molar-refractivity contribution in [3.8, 4) is 0 Å². The van der Waals surface area contributed by atoms with Crippen LogP contribution >= 0.6 is 0 Å². The van der Waals surface area contributed by atoms with Crippen LogP contribution in [0.15, 0.2) is 24.3 Å². The molecule has 0 radical (unpaired) electrons. The Kier molecular flexibility index (Phi) is 4.12. The SMILES string of the molecule is Cc1ccc(CC(C)NNC(=N)N)cc1. The van der Waals surface area contributed by atoms with Gasteiger partial charge in [0, 0.05) is 6.04 Å². The fourth-order valence-electron chi connectivity index (χ4n) is 1.33. The first kappa shape index (κ1) is 11.5. The first-order chi connectivity index (χ1) is 7.08. The van der Waals surface area contributed by atoms with E-state index in [1.807, 2.05) is 6.92 Å². The molecule has 0 aromatic heterocycles. The van der Waals surface area contributed by atoms with Crippen LogP contribution in [0.4, 0.5) is 0 Å². The summed E-state index contributed by atoms with van der Waals surface area (Å²) >= 11 is 0. The number of guanidine groups is 1. The van der Waals surface area contributed by atoms with Gasteiger partial charge in [-0.15, -0.1) is 0 Å². The summed E-state index contributed by atoms with van der Waals surface area (Å²) in [6.07, 6.45) is 0.903. The van der Waals surface area contributed by atoms with E-state index in [9.17, 15) is 0 Å². The number of nitrogens with two attached hydrogens (primary N) is 1. The fraction of sp³-hybridized carbons (Fsp3) is 0.364. The number of hydrogen-bond donors (Lipinski definition) is 4. The summed E-state index contributed by atoms with van der Waals surface area (Å²) < 4.78 is 0. The van der Waals surface area contributed by atoms with Crippen LogP contribution in [0, 0.1) is 12.3 Å². The van der Waals surface area contributed by atoms with Gasteiger partial charge in [-0.25, -0.2) is 5.43 Å². The van der Waals surface area contributed by atoms with Crippen molar-refractivity contribution in [3.05, 3.63) is 35.4 Å². The summed E-state index contributed by atoms with van der Waals surface area (Å²) in [5, 5.41) is 7.00. The molecule has 15 heavy (non-hydrogen) atoms. The molecule has 82 valence electrons. The number of rotatable bonds is 4. The monoisotopic (exact) mass is 206 g/mol. The van der Waals surface area contributed by atoms with Gasteiger partial charge < -0.3 is 5.73 Å². The molecule has 5 N–H and O–H groups in total. The van der Waals surface area contributed by atoms with Crippen LogP contribution in [0.25, 0.3) is 0 Å². The van der Waals surface area contributed by atoms with Crippen LogP contribution in [0.5, 0.6) is 0 Å². The molecule has 1 atom stereocenters. The normalized spacial score (nSPS) is 12.1. The molecule has 0 aliphatic carbocycles. The number of benzene rings is 1. The molecule has 0 aliphatic rings. The molecule has 0 amide bonds. The molecule has 1 rings (SSSR count). The van der Waals surface area contributed by atoms with Crippen molar-refractivity contribution in [2.45, 2.75) is 26.3 Å². The van der Waals surface area contributed by atoms with E-state index in [0.717, 1.165) is 6.42 Å². The van der Waals surface area contributed by atoms with Crippen LogP contribution in [-0.2, 0) is 6.42 Å². The van der Waals surface area contributed by atoms with Gasteiger partial charge in [0.25, 0.3) is 0 Å². The first-order valence-corrected chi connectivity index (χ1v) is 4.99. The van der Waals surface area contributed by atoms with E-state index < -0.39 is 0 Å². The van der Waals surface area contributed by atoms with Crippen molar-refractivity contribution in [3.63, 3.8) is 0 Å². The minimum absolute atomic E-state index is 0.0641. The Morgan fingerprint density at radius 1 is 1.40 bits per heavy atom. The van der Waals surface area contributed by atoms with Gasteiger partial charge in [0.1, 0.15) is 0 Å². The lowest BCUT2D eigenvalue weighted by Crippen LogP contribution is -2.46. The maximum Gasteiger partial charge on any atom is 0.200 e. The highest BCUT2D eigenvalue weighted by atomic mass is 15.4. The van der Waals surface area contributed by atoms with E-state index >= 15 is 0 Å². The van der Waals surface area contributed by atoms with Crippen molar-refractivity contribution in [1.29, 1.82) is 5.41 Å². The molecule has 4 heteroatoms. The van der Waals surface area contributed by atoms with E-state index in [1.54, 1.807) is 0 Å². The maximum atomic E-state index is 7.00. The zero-order valence-electron chi connectivity index (χ0n) is 9.17. The maximum absolute atomic E-state index is 7.00. The third-order valence-electron chi connectivity index (χ3n) is 2.12. The Labute approximate surface area is 90.4 Å². The quantitative estimate of drug-likeness (QED) is 0.336. The highest BCUT2D eigenvalue weighted by Crippen LogP contribution is 2.05. The molecular weight excluding hydrogens is 188 g/mol. The van der Waals surface area contributed by atoms with Gasteiger partial charge in [-0.05, 0) is 25.8 Å². The Morgan fingerprint density at radius 3 is 2.53 bits per heavy atom.